The van der Waals surface area contributed by atoms with Gasteiger partial charge in [-0.15, -0.1) is 0 Å². The minimum absolute atomic E-state index is 0.0672. The van der Waals surface area contributed by atoms with Gasteiger partial charge in [0.2, 0.25) is 0 Å². The van der Waals surface area contributed by atoms with Crippen LogP contribution < -0.4 is 10.1 Å². The first-order valence-corrected chi connectivity index (χ1v) is 10.7. The van der Waals surface area contributed by atoms with E-state index in [1.54, 1.807) is 24.3 Å². The predicted octanol–water partition coefficient (Wildman–Crippen LogP) is 5.59. The van der Waals surface area contributed by atoms with E-state index >= 15 is 0 Å². The van der Waals surface area contributed by atoms with Crippen molar-refractivity contribution in [3.05, 3.63) is 89.5 Å². The predicted molar refractivity (Wildman–Crippen MR) is 122 cm³/mol. The second kappa shape index (κ2) is 11.4. The van der Waals surface area contributed by atoms with E-state index in [1.165, 1.54) is 12.1 Å². The summed E-state index contributed by atoms with van der Waals surface area (Å²) in [6.07, 6.45) is -2.94. The lowest BCUT2D eigenvalue weighted by molar-refractivity contribution is -0.138. The Morgan fingerprint density at radius 1 is 0.853 bits per heavy atom. The lowest BCUT2D eigenvalue weighted by Gasteiger charge is -2.09. The number of hydrogen-bond donors (Lipinski definition) is 2. The van der Waals surface area contributed by atoms with Gasteiger partial charge in [-0.3, -0.25) is 9.59 Å². The number of carbonyl (C=O) groups excluding carboxylic acids is 1. The molecule has 0 bridgehead atoms. The molecule has 0 saturated heterocycles. The smallest absolute Gasteiger partial charge is 0.416 e. The maximum Gasteiger partial charge on any atom is 0.416 e. The molecule has 0 aliphatic heterocycles. The van der Waals surface area contributed by atoms with Gasteiger partial charge in [0, 0.05) is 12.1 Å². The number of carbonyl (C=O) groups is 2. The van der Waals surface area contributed by atoms with E-state index < -0.39 is 17.7 Å². The van der Waals surface area contributed by atoms with Crippen molar-refractivity contribution in [2.45, 2.75) is 25.4 Å². The van der Waals surface area contributed by atoms with Crippen molar-refractivity contribution in [3.63, 3.8) is 0 Å². The summed E-state index contributed by atoms with van der Waals surface area (Å²) in [5.74, 6) is -0.688. The molecule has 3 aromatic rings. The average Bonchev–Trinajstić information content (AvgIpc) is 2.82. The zero-order chi connectivity index (χ0) is 24.6. The van der Waals surface area contributed by atoms with Gasteiger partial charge in [0.05, 0.1) is 18.6 Å². The summed E-state index contributed by atoms with van der Waals surface area (Å²) in [7, 11) is 0. The first-order valence-electron chi connectivity index (χ1n) is 10.7. The molecule has 3 rings (SSSR count). The number of aliphatic carboxylic acids is 1. The number of halogens is 3. The standard InChI is InChI=1S/C26H24F3NO4/c27-26(28,29)22-11-7-20(8-12-22)19-5-3-18(4-6-19)2-1-17-34-23-13-9-21(10-14-23)25(33)30-16-15-24(31)32/h3-14H,1-2,15-17H2,(H,30,33)(H,31,32). The SMILES string of the molecule is O=C(O)CCNC(=O)c1ccc(OCCCc2ccc(-c3ccc(C(F)(F)F)cc3)cc2)cc1. The Balaban J connectivity index is 1.42. The first kappa shape index (κ1) is 24.8. The Labute approximate surface area is 195 Å². The van der Waals surface area contributed by atoms with Crippen molar-refractivity contribution in [1.29, 1.82) is 0 Å². The number of nitrogens with one attached hydrogen (secondary N) is 1. The van der Waals surface area contributed by atoms with Crippen molar-refractivity contribution in [3.8, 4) is 16.9 Å². The second-order valence-electron chi connectivity index (χ2n) is 7.65. The van der Waals surface area contributed by atoms with E-state index in [-0.39, 0.29) is 18.9 Å². The molecule has 0 unspecified atom stereocenters. The summed E-state index contributed by atoms with van der Waals surface area (Å²) < 4.78 is 43.8. The quantitative estimate of drug-likeness (QED) is 0.378. The maximum absolute atomic E-state index is 12.7. The minimum atomic E-state index is -4.34. The van der Waals surface area contributed by atoms with Gasteiger partial charge in [0.25, 0.3) is 5.91 Å². The zero-order valence-electron chi connectivity index (χ0n) is 18.3. The minimum Gasteiger partial charge on any atom is -0.494 e. The average molecular weight is 471 g/mol. The molecule has 2 N–H and O–H groups in total. The van der Waals surface area contributed by atoms with Gasteiger partial charge in [0.1, 0.15) is 5.75 Å². The molecular formula is C26H24F3NO4. The Hall–Kier alpha value is -3.81. The van der Waals surface area contributed by atoms with E-state index in [4.69, 9.17) is 9.84 Å². The highest BCUT2D eigenvalue weighted by atomic mass is 19.4. The van der Waals surface area contributed by atoms with Gasteiger partial charge in [-0.1, -0.05) is 36.4 Å². The van der Waals surface area contributed by atoms with Crippen molar-refractivity contribution in [2.24, 2.45) is 0 Å². The number of amides is 1. The molecule has 3 aromatic carbocycles. The third kappa shape index (κ3) is 7.37. The van der Waals surface area contributed by atoms with Crippen LogP contribution >= 0.6 is 0 Å². The van der Waals surface area contributed by atoms with Crippen molar-refractivity contribution in [2.75, 3.05) is 13.2 Å². The summed E-state index contributed by atoms with van der Waals surface area (Å²) in [5.41, 5.74) is 2.42. The lowest BCUT2D eigenvalue weighted by Crippen LogP contribution is -2.25. The highest BCUT2D eigenvalue weighted by Crippen LogP contribution is 2.31. The number of alkyl halides is 3. The number of aryl methyl sites for hydroxylation is 1. The number of benzene rings is 3. The molecular weight excluding hydrogens is 447 g/mol. The van der Waals surface area contributed by atoms with Gasteiger partial charge in [-0.05, 0) is 65.9 Å². The monoisotopic (exact) mass is 471 g/mol. The van der Waals surface area contributed by atoms with Crippen LogP contribution in [-0.2, 0) is 17.4 Å². The molecule has 0 aliphatic carbocycles. The van der Waals surface area contributed by atoms with Gasteiger partial charge >= 0.3 is 12.1 Å². The molecule has 0 aliphatic rings. The topological polar surface area (TPSA) is 75.6 Å². The number of carboxylic acids is 1. The van der Waals surface area contributed by atoms with E-state index in [1.807, 2.05) is 24.3 Å². The Kier molecular flexibility index (Phi) is 8.29. The fourth-order valence-corrected chi connectivity index (χ4v) is 3.27. The summed E-state index contributed by atoms with van der Waals surface area (Å²) in [6, 6.07) is 19.4. The highest BCUT2D eigenvalue weighted by Gasteiger charge is 2.29. The van der Waals surface area contributed by atoms with Crippen LogP contribution in [0.3, 0.4) is 0 Å². The van der Waals surface area contributed by atoms with E-state index in [0.29, 0.717) is 17.9 Å². The van der Waals surface area contributed by atoms with E-state index in [2.05, 4.69) is 5.32 Å². The van der Waals surface area contributed by atoms with Crippen LogP contribution in [0.5, 0.6) is 5.75 Å². The third-order valence-corrected chi connectivity index (χ3v) is 5.12. The van der Waals surface area contributed by atoms with Crippen LogP contribution in [0.25, 0.3) is 11.1 Å². The van der Waals surface area contributed by atoms with Gasteiger partial charge in [-0.25, -0.2) is 0 Å². The van der Waals surface area contributed by atoms with Crippen LogP contribution in [0.1, 0.15) is 34.3 Å². The fraction of sp³-hybridized carbons (Fsp3) is 0.231. The van der Waals surface area contributed by atoms with Gasteiger partial charge in [0.15, 0.2) is 0 Å². The Morgan fingerprint density at radius 3 is 2.00 bits per heavy atom. The van der Waals surface area contributed by atoms with Crippen LogP contribution in [0.2, 0.25) is 0 Å². The number of carboxylic acid groups (broad SMARTS) is 1. The number of rotatable bonds is 10. The first-order chi connectivity index (χ1) is 16.2. The molecule has 0 atom stereocenters. The van der Waals surface area contributed by atoms with Crippen LogP contribution in [0.4, 0.5) is 13.2 Å². The summed E-state index contributed by atoms with van der Waals surface area (Å²) >= 11 is 0. The molecule has 0 heterocycles. The highest BCUT2D eigenvalue weighted by molar-refractivity contribution is 5.94. The summed E-state index contributed by atoms with van der Waals surface area (Å²) in [4.78, 5) is 22.4. The van der Waals surface area contributed by atoms with E-state index in [0.717, 1.165) is 41.7 Å². The molecule has 0 saturated carbocycles. The summed E-state index contributed by atoms with van der Waals surface area (Å²) in [5, 5.41) is 11.1. The Morgan fingerprint density at radius 2 is 1.44 bits per heavy atom. The number of hydrogen-bond acceptors (Lipinski definition) is 3. The summed E-state index contributed by atoms with van der Waals surface area (Å²) in [6.45, 7) is 0.544. The van der Waals surface area contributed by atoms with E-state index in [9.17, 15) is 22.8 Å². The molecule has 0 radical (unpaired) electrons. The second-order valence-corrected chi connectivity index (χ2v) is 7.65. The van der Waals surface area contributed by atoms with Gasteiger partial charge < -0.3 is 15.2 Å². The zero-order valence-corrected chi connectivity index (χ0v) is 18.3. The fourth-order valence-electron chi connectivity index (χ4n) is 3.27. The van der Waals surface area contributed by atoms with Gasteiger partial charge in [-0.2, -0.15) is 13.2 Å². The van der Waals surface area contributed by atoms with Crippen LogP contribution in [0.15, 0.2) is 72.8 Å². The number of ether oxygens (including phenoxy) is 1. The van der Waals surface area contributed by atoms with Crippen molar-refractivity contribution in [1.82, 2.24) is 5.32 Å². The molecule has 0 spiro atoms. The lowest BCUT2D eigenvalue weighted by atomic mass is 10.0. The Bertz CT molecular complexity index is 1090. The largest absolute Gasteiger partial charge is 0.494 e. The molecule has 34 heavy (non-hydrogen) atoms. The molecule has 5 nitrogen and oxygen atoms in total. The van der Waals surface area contributed by atoms with Crippen molar-refractivity contribution < 1.29 is 32.6 Å². The van der Waals surface area contributed by atoms with Crippen LogP contribution in [-0.4, -0.2) is 30.1 Å². The molecule has 178 valence electrons. The third-order valence-electron chi connectivity index (χ3n) is 5.12. The molecule has 0 fully saturated rings. The molecule has 1 amide bonds. The normalized spacial score (nSPS) is 11.1. The maximum atomic E-state index is 12.7. The van der Waals surface area contributed by atoms with Crippen molar-refractivity contribution >= 4 is 11.9 Å². The molecule has 8 heteroatoms. The molecule has 0 aromatic heterocycles. The van der Waals surface area contributed by atoms with Crippen LogP contribution in [0, 0.1) is 0 Å².